The van der Waals surface area contributed by atoms with Gasteiger partial charge in [0.1, 0.15) is 17.2 Å². The largest absolute Gasteiger partial charge is 0.494 e. The van der Waals surface area contributed by atoms with Gasteiger partial charge in [0, 0.05) is 49.0 Å². The molecule has 0 radical (unpaired) electrons. The van der Waals surface area contributed by atoms with Crippen molar-refractivity contribution in [3.8, 4) is 17.1 Å². The van der Waals surface area contributed by atoms with Crippen LogP contribution in [0.4, 0.5) is 5.82 Å². The van der Waals surface area contributed by atoms with Crippen LogP contribution < -0.4 is 15.0 Å². The third-order valence-corrected chi connectivity index (χ3v) is 5.10. The zero-order valence-corrected chi connectivity index (χ0v) is 15.9. The fourth-order valence-corrected chi connectivity index (χ4v) is 3.77. The van der Waals surface area contributed by atoms with Gasteiger partial charge >= 0.3 is 0 Å². The first kappa shape index (κ1) is 16.9. The summed E-state index contributed by atoms with van der Waals surface area (Å²) in [5.74, 6) is 2.25. The number of aromatic amines is 1. The highest BCUT2D eigenvalue weighted by atomic mass is 16.5. The average Bonchev–Trinajstić information content (AvgIpc) is 3.13. The Bertz CT molecular complexity index is 1160. The molecule has 8 heteroatoms. The van der Waals surface area contributed by atoms with Crippen LogP contribution in [0.5, 0.6) is 5.75 Å². The number of fused-ring (bicyclic) bond motifs is 2. The second-order valence-electron chi connectivity index (χ2n) is 6.92. The Kier molecular flexibility index (Phi) is 4.05. The highest BCUT2D eigenvalue weighted by Gasteiger charge is 2.21. The zero-order valence-electron chi connectivity index (χ0n) is 15.9. The van der Waals surface area contributed by atoms with Crippen LogP contribution in [-0.4, -0.2) is 58.2 Å². The number of nitrogens with zero attached hydrogens (tertiary/aromatic N) is 5. The van der Waals surface area contributed by atoms with Crippen molar-refractivity contribution in [1.29, 1.82) is 0 Å². The first-order chi connectivity index (χ1) is 13.7. The molecule has 0 aromatic carbocycles. The van der Waals surface area contributed by atoms with Gasteiger partial charge in [-0.1, -0.05) is 0 Å². The fourth-order valence-electron chi connectivity index (χ4n) is 3.77. The Morgan fingerprint density at radius 2 is 2.00 bits per heavy atom. The van der Waals surface area contributed by atoms with E-state index in [0.717, 1.165) is 65.2 Å². The molecule has 0 atom stereocenters. The van der Waals surface area contributed by atoms with Gasteiger partial charge in [0.2, 0.25) is 0 Å². The second kappa shape index (κ2) is 6.72. The summed E-state index contributed by atoms with van der Waals surface area (Å²) in [7, 11) is 1.65. The van der Waals surface area contributed by atoms with Crippen LogP contribution in [0, 0.1) is 6.92 Å². The van der Waals surface area contributed by atoms with Crippen LogP contribution in [-0.2, 0) is 0 Å². The summed E-state index contributed by atoms with van der Waals surface area (Å²) < 4.78 is 5.58. The normalized spacial score (nSPS) is 14.7. The molecule has 2 N–H and O–H groups in total. The Hall–Kier alpha value is -3.26. The molecule has 1 saturated heterocycles. The van der Waals surface area contributed by atoms with Crippen LogP contribution in [0.15, 0.2) is 30.7 Å². The van der Waals surface area contributed by atoms with Crippen LogP contribution in [0.2, 0.25) is 0 Å². The number of hydrogen-bond donors (Lipinski definition) is 2. The van der Waals surface area contributed by atoms with Gasteiger partial charge in [-0.15, -0.1) is 0 Å². The minimum atomic E-state index is 0.669. The molecule has 28 heavy (non-hydrogen) atoms. The lowest BCUT2D eigenvalue weighted by atomic mass is 10.1. The summed E-state index contributed by atoms with van der Waals surface area (Å²) in [5, 5.41) is 5.31. The van der Waals surface area contributed by atoms with E-state index in [1.54, 1.807) is 25.7 Å². The van der Waals surface area contributed by atoms with E-state index < -0.39 is 0 Å². The molecule has 1 fully saturated rings. The maximum Gasteiger partial charge on any atom is 0.163 e. The van der Waals surface area contributed by atoms with Crippen LogP contribution in [0.1, 0.15) is 5.69 Å². The third-order valence-electron chi connectivity index (χ3n) is 5.10. The first-order valence-corrected chi connectivity index (χ1v) is 9.34. The maximum absolute atomic E-state index is 5.58. The molecule has 5 rings (SSSR count). The van der Waals surface area contributed by atoms with Crippen molar-refractivity contribution in [2.75, 3.05) is 38.2 Å². The molecule has 8 nitrogen and oxygen atoms in total. The maximum atomic E-state index is 5.58. The zero-order chi connectivity index (χ0) is 19.1. The van der Waals surface area contributed by atoms with Crippen molar-refractivity contribution in [2.24, 2.45) is 0 Å². The topological polar surface area (TPSA) is 91.9 Å². The van der Waals surface area contributed by atoms with Crippen molar-refractivity contribution in [2.45, 2.75) is 6.92 Å². The quantitative estimate of drug-likeness (QED) is 0.568. The van der Waals surface area contributed by atoms with Crippen LogP contribution in [0.25, 0.3) is 33.3 Å². The van der Waals surface area contributed by atoms with E-state index in [4.69, 9.17) is 14.7 Å². The summed E-state index contributed by atoms with van der Waals surface area (Å²) in [5.41, 5.74) is 3.62. The number of pyridine rings is 2. The SMILES string of the molecule is COc1cncc2nc(-c3ccnc4[nH]c(C)cc34)nc(N3CCNCC3)c12. The highest BCUT2D eigenvalue weighted by Crippen LogP contribution is 2.35. The number of ether oxygens (including phenoxy) is 1. The molecule has 1 aliphatic rings. The minimum Gasteiger partial charge on any atom is -0.494 e. The summed E-state index contributed by atoms with van der Waals surface area (Å²) in [6, 6.07) is 4.05. The molecule has 4 aromatic rings. The lowest BCUT2D eigenvalue weighted by Crippen LogP contribution is -2.44. The highest BCUT2D eigenvalue weighted by molar-refractivity contribution is 5.98. The number of piperazine rings is 1. The summed E-state index contributed by atoms with van der Waals surface area (Å²) >= 11 is 0. The van der Waals surface area contributed by atoms with Gasteiger partial charge in [-0.05, 0) is 19.1 Å². The number of methoxy groups -OCH3 is 1. The van der Waals surface area contributed by atoms with Crippen LogP contribution >= 0.6 is 0 Å². The van der Waals surface area contributed by atoms with Gasteiger partial charge in [-0.3, -0.25) is 4.98 Å². The predicted molar refractivity (Wildman–Crippen MR) is 109 cm³/mol. The van der Waals surface area contributed by atoms with Gasteiger partial charge in [0.05, 0.1) is 30.4 Å². The molecule has 4 aromatic heterocycles. The van der Waals surface area contributed by atoms with Crippen molar-refractivity contribution in [1.82, 2.24) is 30.2 Å². The van der Waals surface area contributed by atoms with Gasteiger partial charge < -0.3 is 19.9 Å². The number of aryl methyl sites for hydroxylation is 1. The molecular weight excluding hydrogens is 354 g/mol. The molecule has 5 heterocycles. The molecular formula is C20H21N7O. The van der Waals surface area contributed by atoms with Crippen molar-refractivity contribution in [3.63, 3.8) is 0 Å². The predicted octanol–water partition coefficient (Wildman–Crippen LogP) is 2.29. The number of hydrogen-bond acceptors (Lipinski definition) is 7. The summed E-state index contributed by atoms with van der Waals surface area (Å²) in [4.78, 5) is 24.1. The average molecular weight is 375 g/mol. The van der Waals surface area contributed by atoms with E-state index in [0.29, 0.717) is 11.6 Å². The standard InChI is InChI=1S/C20H21N7O/c1-12-9-14-13(3-4-23-18(14)24-12)19-25-15-10-22-11-16(28-2)17(15)20(26-19)27-7-5-21-6-8-27/h3-4,9-11,21H,5-8H2,1-2H3,(H,23,24). The number of rotatable bonds is 3. The molecule has 0 aliphatic carbocycles. The van der Waals surface area contributed by atoms with Crippen LogP contribution in [0.3, 0.4) is 0 Å². The van der Waals surface area contributed by atoms with E-state index in [9.17, 15) is 0 Å². The Balaban J connectivity index is 1.78. The van der Waals surface area contributed by atoms with E-state index in [2.05, 4.69) is 31.2 Å². The molecule has 0 saturated carbocycles. The van der Waals surface area contributed by atoms with Crippen molar-refractivity contribution in [3.05, 3.63) is 36.4 Å². The monoisotopic (exact) mass is 375 g/mol. The van der Waals surface area contributed by atoms with E-state index in [-0.39, 0.29) is 0 Å². The molecule has 0 spiro atoms. The molecule has 142 valence electrons. The van der Waals surface area contributed by atoms with Gasteiger partial charge in [-0.25, -0.2) is 15.0 Å². The van der Waals surface area contributed by atoms with E-state index >= 15 is 0 Å². The number of aromatic nitrogens is 5. The Morgan fingerprint density at radius 1 is 1.14 bits per heavy atom. The number of anilines is 1. The third kappa shape index (κ3) is 2.73. The summed E-state index contributed by atoms with van der Waals surface area (Å²) in [6.07, 6.45) is 5.28. The molecule has 1 aliphatic heterocycles. The van der Waals surface area contributed by atoms with E-state index in [1.165, 1.54) is 0 Å². The number of H-pyrrole nitrogens is 1. The Labute approximate surface area is 162 Å². The second-order valence-corrected chi connectivity index (χ2v) is 6.92. The minimum absolute atomic E-state index is 0.669. The van der Waals surface area contributed by atoms with Gasteiger partial charge in [0.25, 0.3) is 0 Å². The molecule has 0 bridgehead atoms. The van der Waals surface area contributed by atoms with Gasteiger partial charge in [-0.2, -0.15) is 0 Å². The summed E-state index contributed by atoms with van der Waals surface area (Å²) in [6.45, 7) is 5.63. The van der Waals surface area contributed by atoms with Gasteiger partial charge in [0.15, 0.2) is 5.82 Å². The van der Waals surface area contributed by atoms with Crippen molar-refractivity contribution < 1.29 is 4.74 Å². The number of nitrogens with one attached hydrogen (secondary N) is 2. The lowest BCUT2D eigenvalue weighted by Gasteiger charge is -2.29. The Morgan fingerprint density at radius 3 is 2.82 bits per heavy atom. The smallest absolute Gasteiger partial charge is 0.163 e. The lowest BCUT2D eigenvalue weighted by molar-refractivity contribution is 0.418. The molecule has 0 unspecified atom stereocenters. The first-order valence-electron chi connectivity index (χ1n) is 9.34. The van der Waals surface area contributed by atoms with E-state index in [1.807, 2.05) is 13.0 Å². The fraction of sp³-hybridized carbons (Fsp3) is 0.300. The van der Waals surface area contributed by atoms with Crippen molar-refractivity contribution >= 4 is 27.8 Å². The molecule has 0 amide bonds.